The van der Waals surface area contributed by atoms with E-state index in [1.165, 1.54) is 12.8 Å². The molecule has 2 N–H and O–H groups in total. The van der Waals surface area contributed by atoms with Gasteiger partial charge in [-0.05, 0) is 26.9 Å². The molecule has 0 aromatic rings. The summed E-state index contributed by atoms with van der Waals surface area (Å²) in [6, 6.07) is 0.391. The summed E-state index contributed by atoms with van der Waals surface area (Å²) in [6.07, 6.45) is 4.50. The molecule has 0 saturated heterocycles. The third-order valence-electron chi connectivity index (χ3n) is 2.97. The molecule has 0 unspecified atom stereocenters. The summed E-state index contributed by atoms with van der Waals surface area (Å²) >= 11 is 0. The minimum absolute atomic E-state index is 0.101. The second-order valence-electron chi connectivity index (χ2n) is 4.00. The van der Waals surface area contributed by atoms with Gasteiger partial charge in [0, 0.05) is 19.1 Å². The van der Waals surface area contributed by atoms with E-state index in [-0.39, 0.29) is 6.10 Å². The van der Waals surface area contributed by atoms with Crippen LogP contribution in [0.25, 0.3) is 0 Å². The third kappa shape index (κ3) is 3.25. The molecule has 1 aliphatic rings. The number of rotatable bonds is 4. The monoisotopic (exact) mass is 186 g/mol. The van der Waals surface area contributed by atoms with Crippen LogP contribution in [0.2, 0.25) is 0 Å². The van der Waals surface area contributed by atoms with Crippen molar-refractivity contribution in [1.29, 1.82) is 0 Å². The predicted molar refractivity (Wildman–Crippen MR) is 54.8 cm³/mol. The van der Waals surface area contributed by atoms with Crippen molar-refractivity contribution in [1.82, 2.24) is 10.2 Å². The SMILES string of the molecule is CNCCN(C)[C@H]1CCCC[C@@H]1O. The number of hydrogen-bond acceptors (Lipinski definition) is 3. The maximum absolute atomic E-state index is 9.78. The average Bonchev–Trinajstić information content (AvgIpc) is 2.15. The third-order valence-corrected chi connectivity index (χ3v) is 2.97. The lowest BCUT2D eigenvalue weighted by Crippen LogP contribution is -2.45. The molecule has 78 valence electrons. The second kappa shape index (κ2) is 5.58. The first-order valence-electron chi connectivity index (χ1n) is 5.28. The zero-order valence-corrected chi connectivity index (χ0v) is 8.79. The topological polar surface area (TPSA) is 35.5 Å². The predicted octanol–water partition coefficient (Wildman–Crippen LogP) is 0.441. The normalized spacial score (nSPS) is 29.5. The molecule has 0 radical (unpaired) electrons. The summed E-state index contributed by atoms with van der Waals surface area (Å²) in [5.41, 5.74) is 0. The van der Waals surface area contributed by atoms with Crippen LogP contribution in [0.5, 0.6) is 0 Å². The van der Waals surface area contributed by atoms with Crippen LogP contribution in [-0.2, 0) is 0 Å². The van der Waals surface area contributed by atoms with Crippen LogP contribution in [0.15, 0.2) is 0 Å². The summed E-state index contributed by atoms with van der Waals surface area (Å²) in [6.45, 7) is 2.03. The molecule has 0 aliphatic heterocycles. The fourth-order valence-electron chi connectivity index (χ4n) is 2.06. The smallest absolute Gasteiger partial charge is 0.0695 e. The molecule has 3 heteroatoms. The van der Waals surface area contributed by atoms with E-state index in [9.17, 15) is 5.11 Å². The molecule has 0 aromatic heterocycles. The van der Waals surface area contributed by atoms with Gasteiger partial charge in [0.1, 0.15) is 0 Å². The zero-order valence-electron chi connectivity index (χ0n) is 8.79. The number of aliphatic hydroxyl groups is 1. The first kappa shape index (κ1) is 11.0. The quantitative estimate of drug-likeness (QED) is 0.669. The van der Waals surface area contributed by atoms with Crippen LogP contribution in [-0.4, -0.2) is 49.3 Å². The molecule has 1 fully saturated rings. The van der Waals surface area contributed by atoms with Crippen LogP contribution in [0.4, 0.5) is 0 Å². The van der Waals surface area contributed by atoms with Crippen molar-refractivity contribution in [2.24, 2.45) is 0 Å². The molecule has 0 aromatic carbocycles. The van der Waals surface area contributed by atoms with E-state index in [1.54, 1.807) is 0 Å². The van der Waals surface area contributed by atoms with Crippen molar-refractivity contribution in [3.8, 4) is 0 Å². The maximum atomic E-state index is 9.78. The van der Waals surface area contributed by atoms with Gasteiger partial charge in [-0.1, -0.05) is 12.8 Å². The van der Waals surface area contributed by atoms with Crippen molar-refractivity contribution >= 4 is 0 Å². The molecule has 13 heavy (non-hydrogen) atoms. The van der Waals surface area contributed by atoms with E-state index in [2.05, 4.69) is 17.3 Å². The van der Waals surface area contributed by atoms with Crippen molar-refractivity contribution < 1.29 is 5.11 Å². The lowest BCUT2D eigenvalue weighted by atomic mass is 9.92. The van der Waals surface area contributed by atoms with Gasteiger partial charge in [0.2, 0.25) is 0 Å². The lowest BCUT2D eigenvalue weighted by molar-refractivity contribution is 0.0329. The summed E-state index contributed by atoms with van der Waals surface area (Å²) in [5, 5.41) is 12.9. The molecule has 3 nitrogen and oxygen atoms in total. The summed E-state index contributed by atoms with van der Waals surface area (Å²) in [5.74, 6) is 0. The fourth-order valence-corrected chi connectivity index (χ4v) is 2.06. The van der Waals surface area contributed by atoms with Crippen LogP contribution in [0, 0.1) is 0 Å². The van der Waals surface area contributed by atoms with E-state index >= 15 is 0 Å². The van der Waals surface area contributed by atoms with Gasteiger partial charge in [-0.25, -0.2) is 0 Å². The van der Waals surface area contributed by atoms with E-state index in [0.717, 1.165) is 25.9 Å². The Labute approximate surface area is 81.1 Å². The van der Waals surface area contributed by atoms with Crippen LogP contribution < -0.4 is 5.32 Å². The van der Waals surface area contributed by atoms with Crippen LogP contribution in [0.1, 0.15) is 25.7 Å². The first-order valence-corrected chi connectivity index (χ1v) is 5.28. The van der Waals surface area contributed by atoms with Gasteiger partial charge in [0.25, 0.3) is 0 Å². The highest BCUT2D eigenvalue weighted by Crippen LogP contribution is 2.21. The Balaban J connectivity index is 2.30. The van der Waals surface area contributed by atoms with Crippen molar-refractivity contribution in [2.75, 3.05) is 27.2 Å². The standard InChI is InChI=1S/C10H22N2O/c1-11-7-8-12(2)9-5-3-4-6-10(9)13/h9-11,13H,3-8H2,1-2H3/t9-,10-/m0/s1. The molecule has 1 aliphatic carbocycles. The summed E-state index contributed by atoms with van der Waals surface area (Å²) in [7, 11) is 4.07. The van der Waals surface area contributed by atoms with Gasteiger partial charge in [-0.3, -0.25) is 4.90 Å². The van der Waals surface area contributed by atoms with E-state index in [4.69, 9.17) is 0 Å². The number of aliphatic hydroxyl groups excluding tert-OH is 1. The van der Waals surface area contributed by atoms with Crippen LogP contribution >= 0.6 is 0 Å². The van der Waals surface area contributed by atoms with E-state index in [1.807, 2.05) is 7.05 Å². The van der Waals surface area contributed by atoms with Gasteiger partial charge in [0.05, 0.1) is 6.10 Å². The van der Waals surface area contributed by atoms with Gasteiger partial charge < -0.3 is 10.4 Å². The Morgan fingerprint density at radius 1 is 1.38 bits per heavy atom. The molecule has 0 heterocycles. The summed E-state index contributed by atoms with van der Waals surface area (Å²) in [4.78, 5) is 2.28. The Morgan fingerprint density at radius 3 is 2.69 bits per heavy atom. The molecule has 1 rings (SSSR count). The fraction of sp³-hybridized carbons (Fsp3) is 1.00. The molecule has 0 bridgehead atoms. The Hall–Kier alpha value is -0.120. The highest BCUT2D eigenvalue weighted by Gasteiger charge is 2.25. The summed E-state index contributed by atoms with van der Waals surface area (Å²) < 4.78 is 0. The molecular formula is C10H22N2O. The van der Waals surface area contributed by atoms with Gasteiger partial charge in [0.15, 0.2) is 0 Å². The van der Waals surface area contributed by atoms with Gasteiger partial charge in [-0.15, -0.1) is 0 Å². The molecule has 0 amide bonds. The molecule has 0 spiro atoms. The second-order valence-corrected chi connectivity index (χ2v) is 4.00. The lowest BCUT2D eigenvalue weighted by Gasteiger charge is -2.35. The number of hydrogen-bond donors (Lipinski definition) is 2. The number of likely N-dealkylation sites (N-methyl/N-ethyl adjacent to an activating group) is 2. The minimum atomic E-state index is -0.101. The van der Waals surface area contributed by atoms with Gasteiger partial charge >= 0.3 is 0 Å². The first-order chi connectivity index (χ1) is 6.25. The largest absolute Gasteiger partial charge is 0.391 e. The van der Waals surface area contributed by atoms with Crippen molar-refractivity contribution in [3.05, 3.63) is 0 Å². The van der Waals surface area contributed by atoms with Crippen LogP contribution in [0.3, 0.4) is 0 Å². The zero-order chi connectivity index (χ0) is 9.68. The van der Waals surface area contributed by atoms with Crippen molar-refractivity contribution in [3.63, 3.8) is 0 Å². The Bertz CT molecular complexity index is 141. The molecular weight excluding hydrogens is 164 g/mol. The van der Waals surface area contributed by atoms with E-state index in [0.29, 0.717) is 6.04 Å². The number of nitrogens with zero attached hydrogens (tertiary/aromatic N) is 1. The highest BCUT2D eigenvalue weighted by molar-refractivity contribution is 4.81. The van der Waals surface area contributed by atoms with Crippen molar-refractivity contribution in [2.45, 2.75) is 37.8 Å². The van der Waals surface area contributed by atoms with E-state index < -0.39 is 0 Å². The highest BCUT2D eigenvalue weighted by atomic mass is 16.3. The number of nitrogens with one attached hydrogen (secondary N) is 1. The maximum Gasteiger partial charge on any atom is 0.0695 e. The molecule has 2 atom stereocenters. The van der Waals surface area contributed by atoms with Gasteiger partial charge in [-0.2, -0.15) is 0 Å². The Kier molecular flexibility index (Phi) is 4.70. The average molecular weight is 186 g/mol. The minimum Gasteiger partial charge on any atom is -0.391 e. The molecule has 1 saturated carbocycles. The Morgan fingerprint density at radius 2 is 2.08 bits per heavy atom.